The van der Waals surface area contributed by atoms with E-state index in [1.807, 2.05) is 84.9 Å². The minimum absolute atomic E-state index is 0.355. The fourth-order valence-electron chi connectivity index (χ4n) is 6.37. The predicted molar refractivity (Wildman–Crippen MR) is 244 cm³/mol. The first-order valence-corrected chi connectivity index (χ1v) is 21.3. The molecule has 0 aliphatic rings. The summed E-state index contributed by atoms with van der Waals surface area (Å²) in [6.07, 6.45) is 4.25. The highest BCUT2D eigenvalue weighted by molar-refractivity contribution is 9.10. The van der Waals surface area contributed by atoms with Gasteiger partial charge in [0, 0.05) is 42.0 Å². The van der Waals surface area contributed by atoms with E-state index in [1.54, 1.807) is 0 Å². The van der Waals surface area contributed by atoms with Crippen molar-refractivity contribution >= 4 is 53.4 Å². The second kappa shape index (κ2) is 20.2. The highest BCUT2D eigenvalue weighted by Crippen LogP contribution is 2.47. The molecule has 7 aromatic carbocycles. The first-order chi connectivity index (χ1) is 28.5. The van der Waals surface area contributed by atoms with Crippen LogP contribution in [0.1, 0.15) is 72.9 Å². The molecule has 0 unspecified atom stereocenters. The Morgan fingerprint density at radius 3 is 1.21 bits per heavy atom. The number of rotatable bonds is 14. The van der Waals surface area contributed by atoms with Gasteiger partial charge in [0.25, 0.3) is 0 Å². The Kier molecular flexibility index (Phi) is 14.1. The fraction of sp³-hybridized carbons (Fsp3) is 0.192. The van der Waals surface area contributed by atoms with Gasteiger partial charge >= 0.3 is 0 Å². The molecule has 6 heteroatoms. The van der Waals surface area contributed by atoms with Gasteiger partial charge in [-0.05, 0) is 139 Å². The van der Waals surface area contributed by atoms with Crippen LogP contribution in [0.5, 0.6) is 23.0 Å². The van der Waals surface area contributed by atoms with Crippen molar-refractivity contribution < 1.29 is 18.9 Å². The van der Waals surface area contributed by atoms with Gasteiger partial charge in [0.05, 0.1) is 13.2 Å². The number of hydrogen-bond acceptors (Lipinski definition) is 4. The summed E-state index contributed by atoms with van der Waals surface area (Å²) in [5.41, 5.74) is 5.56. The van der Waals surface area contributed by atoms with Gasteiger partial charge in [0.15, 0.2) is 11.5 Å². The monoisotopic (exact) mass is 890 g/mol. The van der Waals surface area contributed by atoms with Crippen molar-refractivity contribution in [3.8, 4) is 46.7 Å². The summed E-state index contributed by atoms with van der Waals surface area (Å²) < 4.78 is 27.1. The van der Waals surface area contributed by atoms with Crippen LogP contribution in [0.2, 0.25) is 0 Å². The smallest absolute Gasteiger partial charge is 0.170 e. The standard InChI is InChI=1S/C52H44Br2O4/c1-3-5-29-55-43-25-19-37(20-26-43)17-23-41-31-47-45(33-49(41)53)46-34-50(54)42(24-18-38-21-27-44(28-22-38)56-30-6-4-2)32-48(46)52(58-36-40-15-11-8-12-16-40)51(47)57-35-39-13-9-7-10-14-39/h7-16,19-22,25-28,31-34H,3-6,29-30,35-36H2,1-2H3. The number of benzene rings is 7. The minimum atomic E-state index is 0.355. The summed E-state index contributed by atoms with van der Waals surface area (Å²) in [5, 5.41) is 3.78. The molecule has 4 nitrogen and oxygen atoms in total. The second-order valence-electron chi connectivity index (χ2n) is 13.9. The maximum atomic E-state index is 6.83. The maximum Gasteiger partial charge on any atom is 0.170 e. The summed E-state index contributed by atoms with van der Waals surface area (Å²) in [4.78, 5) is 0. The summed E-state index contributed by atoms with van der Waals surface area (Å²) in [5.74, 6) is 16.5. The molecule has 0 aliphatic carbocycles. The predicted octanol–water partition coefficient (Wildman–Crippen LogP) is 13.8. The lowest BCUT2D eigenvalue weighted by atomic mass is 9.96. The van der Waals surface area contributed by atoms with Crippen molar-refractivity contribution in [1.29, 1.82) is 0 Å². The zero-order valence-electron chi connectivity index (χ0n) is 32.7. The van der Waals surface area contributed by atoms with E-state index >= 15 is 0 Å². The van der Waals surface area contributed by atoms with Crippen LogP contribution in [-0.4, -0.2) is 13.2 Å². The Balaban J connectivity index is 1.34. The molecule has 0 heterocycles. The normalized spacial score (nSPS) is 10.7. The van der Waals surface area contributed by atoms with Gasteiger partial charge in [0.1, 0.15) is 24.7 Å². The lowest BCUT2D eigenvalue weighted by Gasteiger charge is -2.20. The third-order valence-electron chi connectivity index (χ3n) is 9.58. The molecule has 0 saturated heterocycles. The number of hydrogen-bond donors (Lipinski definition) is 0. The van der Waals surface area contributed by atoms with Crippen LogP contribution in [0.3, 0.4) is 0 Å². The molecule has 7 aromatic rings. The number of halogens is 2. The molecular formula is C52H44Br2O4. The molecule has 0 bridgehead atoms. The molecule has 7 rings (SSSR count). The maximum absolute atomic E-state index is 6.83. The van der Waals surface area contributed by atoms with Gasteiger partial charge < -0.3 is 18.9 Å². The SMILES string of the molecule is CCCCOc1ccc(C#Cc2cc3c(OCc4ccccc4)c(OCc4ccccc4)c4cc(C#Cc5ccc(OCCCC)cc5)c(Br)cc4c3cc2Br)cc1. The third kappa shape index (κ3) is 10.4. The fourth-order valence-corrected chi connectivity index (χ4v) is 7.25. The van der Waals surface area contributed by atoms with Gasteiger partial charge in [-0.2, -0.15) is 0 Å². The summed E-state index contributed by atoms with van der Waals surface area (Å²) >= 11 is 7.74. The molecule has 0 radical (unpaired) electrons. The first-order valence-electron chi connectivity index (χ1n) is 19.7. The van der Waals surface area contributed by atoms with E-state index < -0.39 is 0 Å². The largest absolute Gasteiger partial charge is 0.494 e. The average molecular weight is 893 g/mol. The molecule has 0 aliphatic heterocycles. The Labute approximate surface area is 358 Å². The zero-order valence-corrected chi connectivity index (χ0v) is 35.9. The average Bonchev–Trinajstić information content (AvgIpc) is 3.25. The summed E-state index contributed by atoms with van der Waals surface area (Å²) in [7, 11) is 0. The van der Waals surface area contributed by atoms with E-state index in [2.05, 4.69) is 118 Å². The quantitative estimate of drug-likeness (QED) is 0.0619. The van der Waals surface area contributed by atoms with E-state index in [0.29, 0.717) is 37.9 Å². The van der Waals surface area contributed by atoms with Crippen LogP contribution in [0.25, 0.3) is 21.5 Å². The highest BCUT2D eigenvalue weighted by Gasteiger charge is 2.21. The second-order valence-corrected chi connectivity index (χ2v) is 15.6. The molecular weight excluding hydrogens is 848 g/mol. The highest BCUT2D eigenvalue weighted by atomic mass is 79.9. The topological polar surface area (TPSA) is 36.9 Å². The third-order valence-corrected chi connectivity index (χ3v) is 10.9. The van der Waals surface area contributed by atoms with Crippen molar-refractivity contribution in [1.82, 2.24) is 0 Å². The van der Waals surface area contributed by atoms with Crippen LogP contribution in [0.15, 0.2) is 142 Å². The summed E-state index contributed by atoms with van der Waals surface area (Å²) in [6, 6.07) is 44.7. The number of ether oxygens (including phenoxy) is 4. The number of fused-ring (bicyclic) bond motifs is 3. The van der Waals surface area contributed by atoms with Gasteiger partial charge in [-0.3, -0.25) is 0 Å². The van der Waals surface area contributed by atoms with Crippen LogP contribution in [0, 0.1) is 23.7 Å². The van der Waals surface area contributed by atoms with Crippen molar-refractivity contribution in [3.63, 3.8) is 0 Å². The van der Waals surface area contributed by atoms with Crippen LogP contribution in [-0.2, 0) is 13.2 Å². The van der Waals surface area contributed by atoms with Crippen molar-refractivity contribution in [2.75, 3.05) is 13.2 Å². The van der Waals surface area contributed by atoms with E-state index in [-0.39, 0.29) is 0 Å². The molecule has 0 amide bonds. The van der Waals surface area contributed by atoms with Crippen molar-refractivity contribution in [2.45, 2.75) is 52.7 Å². The molecule has 0 atom stereocenters. The van der Waals surface area contributed by atoms with Crippen molar-refractivity contribution in [2.24, 2.45) is 0 Å². The van der Waals surface area contributed by atoms with Gasteiger partial charge in [0.2, 0.25) is 0 Å². The van der Waals surface area contributed by atoms with E-state index in [1.165, 1.54) is 0 Å². The molecule has 290 valence electrons. The van der Waals surface area contributed by atoms with Gasteiger partial charge in [-0.15, -0.1) is 0 Å². The number of unbranched alkanes of at least 4 members (excludes halogenated alkanes) is 2. The van der Waals surface area contributed by atoms with E-state index in [4.69, 9.17) is 18.9 Å². The Bertz CT molecular complexity index is 2410. The van der Waals surface area contributed by atoms with Gasteiger partial charge in [-0.1, -0.05) is 111 Å². The van der Waals surface area contributed by atoms with E-state index in [0.717, 1.165) is 101 Å². The molecule has 0 aromatic heterocycles. The lowest BCUT2D eigenvalue weighted by molar-refractivity contribution is 0.261. The first kappa shape index (κ1) is 40.5. The van der Waals surface area contributed by atoms with Crippen LogP contribution in [0.4, 0.5) is 0 Å². The zero-order chi connectivity index (χ0) is 40.1. The summed E-state index contributed by atoms with van der Waals surface area (Å²) in [6.45, 7) is 6.44. The van der Waals surface area contributed by atoms with E-state index in [9.17, 15) is 0 Å². The molecule has 58 heavy (non-hydrogen) atoms. The Morgan fingerprint density at radius 2 is 0.828 bits per heavy atom. The van der Waals surface area contributed by atoms with Gasteiger partial charge in [-0.25, -0.2) is 0 Å². The Morgan fingerprint density at radius 1 is 0.431 bits per heavy atom. The lowest BCUT2D eigenvalue weighted by Crippen LogP contribution is -2.03. The molecule has 0 N–H and O–H groups in total. The minimum Gasteiger partial charge on any atom is -0.494 e. The molecule has 0 fully saturated rings. The molecule has 0 spiro atoms. The van der Waals surface area contributed by atoms with Crippen LogP contribution >= 0.6 is 31.9 Å². The van der Waals surface area contributed by atoms with Crippen molar-refractivity contribution in [3.05, 3.63) is 176 Å². The molecule has 0 saturated carbocycles. The Hall–Kier alpha value is -5.66. The van der Waals surface area contributed by atoms with Crippen LogP contribution < -0.4 is 18.9 Å².